The molecule has 0 saturated heterocycles. The Hall–Kier alpha value is -3.42. The molecule has 0 aliphatic carbocycles. The van der Waals surface area contributed by atoms with Crippen molar-refractivity contribution in [1.29, 1.82) is 0 Å². The van der Waals surface area contributed by atoms with E-state index in [-0.39, 0.29) is 11.9 Å². The lowest BCUT2D eigenvalue weighted by Crippen LogP contribution is -2.34. The van der Waals surface area contributed by atoms with Gasteiger partial charge in [-0.2, -0.15) is 5.10 Å². The third-order valence-electron chi connectivity index (χ3n) is 5.03. The van der Waals surface area contributed by atoms with Crippen molar-refractivity contribution in [1.82, 2.24) is 25.4 Å². The third-order valence-corrected chi connectivity index (χ3v) is 5.03. The van der Waals surface area contributed by atoms with Gasteiger partial charge in [0.2, 0.25) is 0 Å². The van der Waals surface area contributed by atoms with Crippen LogP contribution in [0.5, 0.6) is 0 Å². The monoisotopic (exact) mass is 451 g/mol. The van der Waals surface area contributed by atoms with Crippen LogP contribution in [0.4, 0.5) is 4.79 Å². The number of ether oxygens (including phenoxy) is 1. The zero-order valence-electron chi connectivity index (χ0n) is 20.2. The van der Waals surface area contributed by atoms with Gasteiger partial charge < -0.3 is 15.4 Å². The maximum Gasteiger partial charge on any atom is 0.407 e. The highest BCUT2D eigenvalue weighted by Gasteiger charge is 2.19. The lowest BCUT2D eigenvalue weighted by atomic mass is 10.0. The normalized spacial score (nSPS) is 11.6. The van der Waals surface area contributed by atoms with Crippen molar-refractivity contribution in [3.63, 3.8) is 0 Å². The number of aromatic nitrogens is 3. The van der Waals surface area contributed by atoms with Crippen LogP contribution in [0.2, 0.25) is 0 Å². The lowest BCUT2D eigenvalue weighted by Gasteiger charge is -2.19. The number of rotatable bonds is 7. The first-order chi connectivity index (χ1) is 15.6. The number of amides is 2. The summed E-state index contributed by atoms with van der Waals surface area (Å²) in [5, 5.41) is 10.8. The molecule has 2 amide bonds. The molecule has 176 valence electrons. The fourth-order valence-corrected chi connectivity index (χ4v) is 3.47. The van der Waals surface area contributed by atoms with Crippen LogP contribution in [-0.2, 0) is 4.74 Å². The van der Waals surface area contributed by atoms with Gasteiger partial charge in [-0.1, -0.05) is 24.3 Å². The molecule has 0 aliphatic heterocycles. The first kappa shape index (κ1) is 24.2. The summed E-state index contributed by atoms with van der Waals surface area (Å²) >= 11 is 0. The number of nitrogens with zero attached hydrogens (tertiary/aromatic N) is 3. The fourth-order valence-electron chi connectivity index (χ4n) is 3.47. The molecule has 0 saturated carbocycles. The van der Waals surface area contributed by atoms with Crippen LogP contribution in [0.25, 0.3) is 22.3 Å². The Labute approximate surface area is 194 Å². The van der Waals surface area contributed by atoms with Crippen molar-refractivity contribution in [3.8, 4) is 11.3 Å². The molecular formula is C25H33N5O3. The van der Waals surface area contributed by atoms with Gasteiger partial charge in [-0.05, 0) is 59.6 Å². The van der Waals surface area contributed by atoms with Crippen LogP contribution in [0.15, 0.2) is 36.5 Å². The summed E-state index contributed by atoms with van der Waals surface area (Å²) in [6, 6.07) is 9.91. The number of alkyl carbamates (subject to hydrolysis) is 1. The summed E-state index contributed by atoms with van der Waals surface area (Å²) < 4.78 is 7.05. The van der Waals surface area contributed by atoms with E-state index in [1.54, 1.807) is 6.20 Å². The standard InChI is InChI=1S/C25H33N5O3/c1-16(2)30-22-20(15-28-30)19(14-21(29-22)18-11-8-7-10-17(18)3)23(31)26-12-9-13-27-24(32)33-25(4,5)6/h7-8,10-11,14-16H,9,12-13H2,1-6H3,(H,26,31)(H,27,32). The lowest BCUT2D eigenvalue weighted by molar-refractivity contribution is 0.0527. The number of carbonyl (C=O) groups is 2. The third kappa shape index (κ3) is 6.09. The average Bonchev–Trinajstić information content (AvgIpc) is 3.16. The molecule has 0 radical (unpaired) electrons. The van der Waals surface area contributed by atoms with Gasteiger partial charge in [-0.15, -0.1) is 0 Å². The highest BCUT2D eigenvalue weighted by Crippen LogP contribution is 2.28. The minimum Gasteiger partial charge on any atom is -0.444 e. The van der Waals surface area contributed by atoms with Gasteiger partial charge in [0.05, 0.1) is 22.8 Å². The van der Waals surface area contributed by atoms with E-state index < -0.39 is 11.7 Å². The van der Waals surface area contributed by atoms with E-state index in [0.29, 0.717) is 36.1 Å². The van der Waals surface area contributed by atoms with Gasteiger partial charge in [0.15, 0.2) is 5.65 Å². The number of hydrogen-bond donors (Lipinski definition) is 2. The van der Waals surface area contributed by atoms with Crippen molar-refractivity contribution in [2.24, 2.45) is 0 Å². The minimum absolute atomic E-state index is 0.108. The second-order valence-electron chi connectivity index (χ2n) is 9.33. The van der Waals surface area contributed by atoms with Crippen LogP contribution in [-0.4, -0.2) is 45.5 Å². The predicted octanol–water partition coefficient (Wildman–Crippen LogP) is 4.63. The second-order valence-corrected chi connectivity index (χ2v) is 9.33. The Morgan fingerprint density at radius 1 is 1.12 bits per heavy atom. The highest BCUT2D eigenvalue weighted by atomic mass is 16.6. The van der Waals surface area contributed by atoms with Crippen LogP contribution >= 0.6 is 0 Å². The Kier molecular flexibility index (Phi) is 7.36. The van der Waals surface area contributed by atoms with Crippen molar-refractivity contribution < 1.29 is 14.3 Å². The molecule has 33 heavy (non-hydrogen) atoms. The molecule has 2 N–H and O–H groups in total. The smallest absolute Gasteiger partial charge is 0.407 e. The van der Waals surface area contributed by atoms with Crippen molar-refractivity contribution in [2.45, 2.75) is 59.6 Å². The quantitative estimate of drug-likeness (QED) is 0.510. The molecular weight excluding hydrogens is 418 g/mol. The van der Waals surface area contributed by atoms with Crippen LogP contribution in [0.3, 0.4) is 0 Å². The van der Waals surface area contributed by atoms with Gasteiger partial charge in [-0.3, -0.25) is 4.79 Å². The maximum absolute atomic E-state index is 13.1. The molecule has 0 bridgehead atoms. The van der Waals surface area contributed by atoms with E-state index in [9.17, 15) is 9.59 Å². The van der Waals surface area contributed by atoms with E-state index in [0.717, 1.165) is 16.8 Å². The van der Waals surface area contributed by atoms with E-state index in [4.69, 9.17) is 9.72 Å². The van der Waals surface area contributed by atoms with Crippen LogP contribution < -0.4 is 10.6 Å². The minimum atomic E-state index is -0.541. The Morgan fingerprint density at radius 2 is 1.82 bits per heavy atom. The molecule has 3 aromatic rings. The van der Waals surface area contributed by atoms with Crippen LogP contribution in [0.1, 0.15) is 63.0 Å². The first-order valence-corrected chi connectivity index (χ1v) is 11.3. The number of fused-ring (bicyclic) bond motifs is 1. The molecule has 3 rings (SSSR count). The summed E-state index contributed by atoms with van der Waals surface area (Å²) in [7, 11) is 0. The van der Waals surface area contributed by atoms with E-state index in [2.05, 4.69) is 15.7 Å². The molecule has 0 aliphatic rings. The summed E-state index contributed by atoms with van der Waals surface area (Å²) in [5.74, 6) is -0.196. The molecule has 0 spiro atoms. The number of aryl methyl sites for hydroxylation is 1. The SMILES string of the molecule is Cc1ccccc1-c1cc(C(=O)NCCCNC(=O)OC(C)(C)C)c2cnn(C(C)C)c2n1. The van der Waals surface area contributed by atoms with Gasteiger partial charge in [0, 0.05) is 24.7 Å². The number of benzene rings is 1. The molecule has 1 aromatic carbocycles. The average molecular weight is 452 g/mol. The molecule has 0 unspecified atom stereocenters. The molecule has 2 aromatic heterocycles. The van der Waals surface area contributed by atoms with Gasteiger partial charge in [0.1, 0.15) is 5.60 Å². The molecule has 0 fully saturated rings. The molecule has 8 nitrogen and oxygen atoms in total. The topological polar surface area (TPSA) is 98.1 Å². The number of pyridine rings is 1. The Morgan fingerprint density at radius 3 is 2.48 bits per heavy atom. The van der Waals surface area contributed by atoms with Gasteiger partial charge >= 0.3 is 6.09 Å². The molecule has 8 heteroatoms. The zero-order valence-corrected chi connectivity index (χ0v) is 20.2. The molecule has 0 atom stereocenters. The van der Waals surface area contributed by atoms with E-state index in [1.165, 1.54) is 0 Å². The van der Waals surface area contributed by atoms with Crippen LogP contribution in [0, 0.1) is 6.92 Å². The Balaban J connectivity index is 1.77. The number of nitrogens with one attached hydrogen (secondary N) is 2. The fraction of sp³-hybridized carbons (Fsp3) is 0.440. The number of hydrogen-bond acceptors (Lipinski definition) is 5. The summed E-state index contributed by atoms with van der Waals surface area (Å²) in [6.45, 7) is 12.4. The van der Waals surface area contributed by atoms with E-state index >= 15 is 0 Å². The Bertz CT molecular complexity index is 1140. The van der Waals surface area contributed by atoms with Crippen molar-refractivity contribution >= 4 is 23.0 Å². The predicted molar refractivity (Wildman–Crippen MR) is 129 cm³/mol. The zero-order chi connectivity index (χ0) is 24.2. The van der Waals surface area contributed by atoms with Gasteiger partial charge in [-0.25, -0.2) is 14.5 Å². The number of carbonyl (C=O) groups excluding carboxylic acids is 2. The summed E-state index contributed by atoms with van der Waals surface area (Å²) in [4.78, 5) is 29.7. The molecule has 2 heterocycles. The maximum atomic E-state index is 13.1. The van der Waals surface area contributed by atoms with E-state index in [1.807, 2.05) is 76.6 Å². The highest BCUT2D eigenvalue weighted by molar-refractivity contribution is 6.06. The first-order valence-electron chi connectivity index (χ1n) is 11.3. The van der Waals surface area contributed by atoms with Crippen molar-refractivity contribution in [3.05, 3.63) is 47.7 Å². The largest absolute Gasteiger partial charge is 0.444 e. The second kappa shape index (κ2) is 10.0. The van der Waals surface area contributed by atoms with Gasteiger partial charge in [0.25, 0.3) is 5.91 Å². The summed E-state index contributed by atoms with van der Waals surface area (Å²) in [6.07, 6.45) is 1.81. The van der Waals surface area contributed by atoms with Crippen molar-refractivity contribution in [2.75, 3.05) is 13.1 Å². The summed E-state index contributed by atoms with van der Waals surface area (Å²) in [5.41, 5.74) is 3.47.